The molecule has 0 atom stereocenters. The van der Waals surface area contributed by atoms with Gasteiger partial charge < -0.3 is 11.1 Å². The van der Waals surface area contributed by atoms with Crippen LogP contribution in [0, 0.1) is 0 Å². The number of hydrogen-bond donors (Lipinski definition) is 2. The summed E-state index contributed by atoms with van der Waals surface area (Å²) in [5, 5.41) is 8.00. The lowest BCUT2D eigenvalue weighted by Gasteiger charge is -2.17. The fraction of sp³-hybridized carbons (Fsp3) is 0.167. The highest BCUT2D eigenvalue weighted by molar-refractivity contribution is 5.87. The monoisotopic (exact) mass is 412 g/mol. The van der Waals surface area contributed by atoms with E-state index in [1.54, 1.807) is 6.07 Å². The van der Waals surface area contributed by atoms with Crippen LogP contribution in [-0.4, -0.2) is 19.7 Å². The summed E-state index contributed by atoms with van der Waals surface area (Å²) in [6.07, 6.45) is 0. The molecule has 3 N–H and O–H groups in total. The van der Waals surface area contributed by atoms with E-state index in [1.807, 2.05) is 74.5 Å². The molecule has 156 valence electrons. The second-order valence-electron chi connectivity index (χ2n) is 7.45. The zero-order valence-corrected chi connectivity index (χ0v) is 17.5. The van der Waals surface area contributed by atoms with Gasteiger partial charge in [0.2, 0.25) is 5.95 Å². The van der Waals surface area contributed by atoms with Crippen LogP contribution in [-0.2, 0) is 6.54 Å². The topological polar surface area (TPSA) is 98.7 Å². The van der Waals surface area contributed by atoms with Crippen LogP contribution in [0.1, 0.15) is 25.5 Å². The summed E-state index contributed by atoms with van der Waals surface area (Å²) in [6, 6.07) is 22.9. The minimum absolute atomic E-state index is 0.0805. The summed E-state index contributed by atoms with van der Waals surface area (Å²) < 4.78 is 1.46. The molecule has 0 aliphatic carbocycles. The van der Waals surface area contributed by atoms with Gasteiger partial charge in [-0.3, -0.25) is 4.79 Å². The molecule has 4 rings (SSSR count). The molecule has 7 nitrogen and oxygen atoms in total. The Kier molecular flexibility index (Phi) is 5.75. The number of rotatable bonds is 6. The molecule has 0 aliphatic rings. The molecule has 0 amide bonds. The molecule has 0 radical (unpaired) electrons. The maximum Gasteiger partial charge on any atom is 0.267 e. The number of benzene rings is 2. The number of nitrogen functional groups attached to an aromatic ring is 1. The number of aromatic nitrogens is 4. The molecule has 0 saturated carbocycles. The first-order valence-electron chi connectivity index (χ1n) is 10.1. The Hall–Kier alpha value is -4.00. The predicted octanol–water partition coefficient (Wildman–Crippen LogP) is 4.14. The van der Waals surface area contributed by atoms with Gasteiger partial charge in [-0.1, -0.05) is 60.7 Å². The molecule has 31 heavy (non-hydrogen) atoms. The third kappa shape index (κ3) is 4.45. The van der Waals surface area contributed by atoms with Gasteiger partial charge in [-0.15, -0.1) is 0 Å². The number of nitrogens with zero attached hydrogens (tertiary/aromatic N) is 4. The van der Waals surface area contributed by atoms with Crippen molar-refractivity contribution in [2.45, 2.75) is 26.4 Å². The second-order valence-corrected chi connectivity index (χ2v) is 7.45. The molecular formula is C24H24N6O. The van der Waals surface area contributed by atoms with Gasteiger partial charge in [-0.2, -0.15) is 10.1 Å². The van der Waals surface area contributed by atoms with Gasteiger partial charge in [0, 0.05) is 18.2 Å². The van der Waals surface area contributed by atoms with Gasteiger partial charge in [0.05, 0.1) is 23.0 Å². The summed E-state index contributed by atoms with van der Waals surface area (Å²) in [4.78, 5) is 21.3. The first kappa shape index (κ1) is 20.3. The Balaban J connectivity index is 1.89. The van der Waals surface area contributed by atoms with Crippen molar-refractivity contribution in [3.05, 3.63) is 88.7 Å². The molecule has 0 spiro atoms. The average Bonchev–Trinajstić information content (AvgIpc) is 2.79. The van der Waals surface area contributed by atoms with E-state index in [9.17, 15) is 4.79 Å². The molecule has 0 fully saturated rings. The van der Waals surface area contributed by atoms with Crippen molar-refractivity contribution >= 4 is 11.8 Å². The highest BCUT2D eigenvalue weighted by atomic mass is 16.1. The second kappa shape index (κ2) is 8.79. The molecule has 0 aliphatic heterocycles. The Labute approximate surface area is 180 Å². The third-order valence-electron chi connectivity index (χ3n) is 4.85. The lowest BCUT2D eigenvalue weighted by Crippen LogP contribution is -2.24. The normalized spacial score (nSPS) is 10.9. The lowest BCUT2D eigenvalue weighted by molar-refractivity contribution is 0.505. The van der Waals surface area contributed by atoms with E-state index in [0.29, 0.717) is 29.3 Å². The summed E-state index contributed by atoms with van der Waals surface area (Å²) >= 11 is 0. The number of nitrogens with one attached hydrogen (secondary N) is 1. The van der Waals surface area contributed by atoms with Gasteiger partial charge in [0.25, 0.3) is 5.56 Å². The van der Waals surface area contributed by atoms with Crippen molar-refractivity contribution in [3.8, 4) is 22.5 Å². The van der Waals surface area contributed by atoms with Crippen LogP contribution >= 0.6 is 0 Å². The summed E-state index contributed by atoms with van der Waals surface area (Å²) in [5.74, 6) is 0.729. The largest absolute Gasteiger partial charge is 0.368 e. The minimum atomic E-state index is -0.157. The van der Waals surface area contributed by atoms with E-state index in [1.165, 1.54) is 10.7 Å². The summed E-state index contributed by atoms with van der Waals surface area (Å²) in [7, 11) is 0. The molecule has 2 aromatic carbocycles. The van der Waals surface area contributed by atoms with Crippen molar-refractivity contribution in [1.82, 2.24) is 19.7 Å². The van der Waals surface area contributed by atoms with Crippen molar-refractivity contribution < 1.29 is 0 Å². The van der Waals surface area contributed by atoms with E-state index in [0.717, 1.165) is 11.1 Å². The van der Waals surface area contributed by atoms with Crippen LogP contribution in [0.25, 0.3) is 22.5 Å². The average molecular weight is 412 g/mol. The highest BCUT2D eigenvalue weighted by Crippen LogP contribution is 2.35. The van der Waals surface area contributed by atoms with Crippen molar-refractivity contribution in [2.24, 2.45) is 0 Å². The maximum atomic E-state index is 12.3. The SMILES string of the molecule is CC(C)n1nc(-c2c(NCc3ccccc3)nc(N)nc2-c2ccccc2)ccc1=O. The smallest absolute Gasteiger partial charge is 0.267 e. The van der Waals surface area contributed by atoms with Crippen LogP contribution in [0.3, 0.4) is 0 Å². The first-order chi connectivity index (χ1) is 15.0. The summed E-state index contributed by atoms with van der Waals surface area (Å²) in [6.45, 7) is 4.40. The van der Waals surface area contributed by atoms with E-state index >= 15 is 0 Å². The molecule has 0 bridgehead atoms. The molecule has 4 aromatic rings. The molecular weight excluding hydrogens is 388 g/mol. The van der Waals surface area contributed by atoms with Crippen LogP contribution in [0.5, 0.6) is 0 Å². The standard InChI is InChI=1S/C24H24N6O/c1-16(2)30-20(31)14-13-19(29-30)21-22(18-11-7-4-8-12-18)27-24(25)28-23(21)26-15-17-9-5-3-6-10-17/h3-14,16H,15H2,1-2H3,(H3,25,26,27,28). The lowest BCUT2D eigenvalue weighted by atomic mass is 10.0. The Bertz CT molecular complexity index is 1240. The third-order valence-corrected chi connectivity index (χ3v) is 4.85. The zero-order chi connectivity index (χ0) is 21.8. The van der Waals surface area contributed by atoms with Crippen molar-refractivity contribution in [3.63, 3.8) is 0 Å². The highest BCUT2D eigenvalue weighted by Gasteiger charge is 2.19. The van der Waals surface area contributed by atoms with Crippen LogP contribution in [0.15, 0.2) is 77.6 Å². The molecule has 2 heterocycles. The molecule has 2 aromatic heterocycles. The number of hydrogen-bond acceptors (Lipinski definition) is 6. The van der Waals surface area contributed by atoms with Crippen LogP contribution in [0.2, 0.25) is 0 Å². The van der Waals surface area contributed by atoms with Gasteiger partial charge in [0.15, 0.2) is 0 Å². The Morgan fingerprint density at radius 2 is 1.61 bits per heavy atom. The Morgan fingerprint density at radius 1 is 0.935 bits per heavy atom. The van der Waals surface area contributed by atoms with E-state index in [2.05, 4.69) is 20.4 Å². The fourth-order valence-electron chi connectivity index (χ4n) is 3.36. The van der Waals surface area contributed by atoms with Gasteiger partial charge in [0.1, 0.15) is 5.82 Å². The van der Waals surface area contributed by atoms with Crippen molar-refractivity contribution in [1.29, 1.82) is 0 Å². The molecule has 0 unspecified atom stereocenters. The maximum absolute atomic E-state index is 12.3. The number of nitrogens with two attached hydrogens (primary N) is 1. The fourth-order valence-corrected chi connectivity index (χ4v) is 3.36. The summed E-state index contributed by atoms with van der Waals surface area (Å²) in [5.41, 5.74) is 9.87. The number of anilines is 2. The van der Waals surface area contributed by atoms with Gasteiger partial charge in [-0.05, 0) is 25.5 Å². The van der Waals surface area contributed by atoms with E-state index in [-0.39, 0.29) is 17.5 Å². The van der Waals surface area contributed by atoms with Crippen LogP contribution in [0.4, 0.5) is 11.8 Å². The van der Waals surface area contributed by atoms with Gasteiger partial charge >= 0.3 is 0 Å². The van der Waals surface area contributed by atoms with Gasteiger partial charge in [-0.25, -0.2) is 9.67 Å². The molecule has 7 heteroatoms. The molecule has 0 saturated heterocycles. The minimum Gasteiger partial charge on any atom is -0.368 e. The van der Waals surface area contributed by atoms with E-state index in [4.69, 9.17) is 5.73 Å². The Morgan fingerprint density at radius 3 is 2.29 bits per heavy atom. The first-order valence-corrected chi connectivity index (χ1v) is 10.1. The van der Waals surface area contributed by atoms with E-state index < -0.39 is 0 Å². The van der Waals surface area contributed by atoms with Crippen molar-refractivity contribution in [2.75, 3.05) is 11.1 Å². The predicted molar refractivity (Wildman–Crippen MR) is 124 cm³/mol. The zero-order valence-electron chi connectivity index (χ0n) is 17.5. The van der Waals surface area contributed by atoms with Crippen LogP contribution < -0.4 is 16.6 Å². The quantitative estimate of drug-likeness (QED) is 0.494.